The van der Waals surface area contributed by atoms with Crippen LogP contribution >= 0.6 is 0 Å². The van der Waals surface area contributed by atoms with Gasteiger partial charge in [-0.05, 0) is 37.1 Å². The van der Waals surface area contributed by atoms with E-state index in [-0.39, 0.29) is 0 Å². The lowest BCUT2D eigenvalue weighted by molar-refractivity contribution is -0.129. The van der Waals surface area contributed by atoms with E-state index in [1.165, 1.54) is 0 Å². The van der Waals surface area contributed by atoms with Crippen molar-refractivity contribution < 1.29 is 10.0 Å². The molecule has 4 heteroatoms. The summed E-state index contributed by atoms with van der Waals surface area (Å²) < 4.78 is 0. The molecule has 0 fully saturated rings. The highest BCUT2D eigenvalue weighted by molar-refractivity contribution is 5.86. The second kappa shape index (κ2) is 6.90. The van der Waals surface area contributed by atoms with E-state index in [1.807, 2.05) is 54.6 Å². The molecule has 21 heavy (non-hydrogen) atoms. The van der Waals surface area contributed by atoms with Crippen molar-refractivity contribution in [1.82, 2.24) is 5.48 Å². The van der Waals surface area contributed by atoms with Gasteiger partial charge in [-0.25, -0.2) is 5.48 Å². The van der Waals surface area contributed by atoms with Crippen molar-refractivity contribution in [3.63, 3.8) is 0 Å². The first kappa shape index (κ1) is 15.1. The van der Waals surface area contributed by atoms with Gasteiger partial charge in [-0.15, -0.1) is 0 Å². The van der Waals surface area contributed by atoms with Crippen molar-refractivity contribution >= 4 is 11.6 Å². The number of hydrogen-bond donors (Lipinski definition) is 3. The van der Waals surface area contributed by atoms with Gasteiger partial charge in [0.25, 0.3) is 5.91 Å². The topological polar surface area (TPSA) is 61.4 Å². The predicted octanol–water partition coefficient (Wildman–Crippen LogP) is 3.14. The number of nitrogens with one attached hydrogen (secondary N) is 2. The molecule has 2 rings (SSSR count). The Morgan fingerprint density at radius 1 is 1.00 bits per heavy atom. The number of carbonyl (C=O) groups is 1. The van der Waals surface area contributed by atoms with Crippen molar-refractivity contribution in [2.45, 2.75) is 25.8 Å². The van der Waals surface area contributed by atoms with Gasteiger partial charge in [-0.1, -0.05) is 42.5 Å². The molecule has 0 aliphatic rings. The van der Waals surface area contributed by atoms with Crippen molar-refractivity contribution in [1.29, 1.82) is 0 Å². The smallest absolute Gasteiger partial charge is 0.255 e. The molecular formula is C17H20N2O2. The lowest BCUT2D eigenvalue weighted by atomic mass is 9.90. The number of amides is 1. The minimum Gasteiger partial charge on any atom is -0.383 e. The first-order valence-corrected chi connectivity index (χ1v) is 6.97. The number of hydrogen-bond acceptors (Lipinski definition) is 3. The van der Waals surface area contributed by atoms with Gasteiger partial charge in [0, 0.05) is 11.7 Å². The Bertz CT molecular complexity index is 597. The highest BCUT2D eigenvalue weighted by Gasteiger charge is 2.22. The van der Waals surface area contributed by atoms with Crippen molar-refractivity contribution in [2.24, 2.45) is 0 Å². The molecule has 110 valence electrons. The van der Waals surface area contributed by atoms with E-state index in [0.717, 1.165) is 16.8 Å². The Labute approximate surface area is 124 Å². The van der Waals surface area contributed by atoms with E-state index >= 15 is 0 Å². The summed E-state index contributed by atoms with van der Waals surface area (Å²) in [6, 6.07) is 17.4. The van der Waals surface area contributed by atoms with E-state index in [4.69, 9.17) is 5.21 Å². The molecule has 0 bridgehead atoms. The van der Waals surface area contributed by atoms with Gasteiger partial charge in [-0.2, -0.15) is 0 Å². The molecule has 0 aliphatic carbocycles. The van der Waals surface area contributed by atoms with E-state index in [2.05, 4.69) is 19.2 Å². The van der Waals surface area contributed by atoms with Crippen LogP contribution in [0.3, 0.4) is 0 Å². The Balaban J connectivity index is 2.40. The van der Waals surface area contributed by atoms with Gasteiger partial charge in [0.1, 0.15) is 0 Å². The fourth-order valence-corrected chi connectivity index (χ4v) is 2.35. The van der Waals surface area contributed by atoms with Crippen LogP contribution in [-0.4, -0.2) is 17.2 Å². The zero-order chi connectivity index (χ0) is 15.2. The van der Waals surface area contributed by atoms with E-state index in [0.29, 0.717) is 6.04 Å². The zero-order valence-corrected chi connectivity index (χ0v) is 12.2. The fraction of sp³-hybridized carbons (Fsp3) is 0.235. The molecular weight excluding hydrogens is 264 g/mol. The minimum atomic E-state index is -0.537. The van der Waals surface area contributed by atoms with Crippen molar-refractivity contribution in [2.75, 3.05) is 5.32 Å². The summed E-state index contributed by atoms with van der Waals surface area (Å²) in [6.45, 7) is 4.11. The average molecular weight is 284 g/mol. The Morgan fingerprint density at radius 3 is 2.29 bits per heavy atom. The average Bonchev–Trinajstić information content (AvgIpc) is 2.48. The van der Waals surface area contributed by atoms with Crippen LogP contribution in [0.25, 0.3) is 0 Å². The maximum atomic E-state index is 12.1. The molecule has 2 aromatic carbocycles. The van der Waals surface area contributed by atoms with Crippen molar-refractivity contribution in [3.05, 3.63) is 65.7 Å². The molecule has 0 aromatic heterocycles. The Morgan fingerprint density at radius 2 is 1.67 bits per heavy atom. The first-order chi connectivity index (χ1) is 10.1. The molecule has 1 amide bonds. The predicted molar refractivity (Wildman–Crippen MR) is 83.4 cm³/mol. The van der Waals surface area contributed by atoms with E-state index < -0.39 is 11.8 Å². The van der Waals surface area contributed by atoms with Gasteiger partial charge >= 0.3 is 0 Å². The molecule has 0 radical (unpaired) electrons. The van der Waals surface area contributed by atoms with Gasteiger partial charge in [0.2, 0.25) is 0 Å². The summed E-state index contributed by atoms with van der Waals surface area (Å²) in [5.41, 5.74) is 4.39. The van der Waals surface area contributed by atoms with Crippen LogP contribution in [0.4, 0.5) is 5.69 Å². The molecule has 0 heterocycles. The Kier molecular flexibility index (Phi) is 4.95. The molecule has 0 saturated heterocycles. The number of anilines is 1. The summed E-state index contributed by atoms with van der Waals surface area (Å²) in [4.78, 5) is 12.1. The third-order valence-electron chi connectivity index (χ3n) is 3.18. The van der Waals surface area contributed by atoms with Crippen LogP contribution in [0.15, 0.2) is 54.6 Å². The molecule has 0 spiro atoms. The molecule has 1 atom stereocenters. The summed E-state index contributed by atoms with van der Waals surface area (Å²) in [5.74, 6) is -0.979. The second-order valence-corrected chi connectivity index (χ2v) is 5.24. The van der Waals surface area contributed by atoms with Crippen LogP contribution in [0, 0.1) is 0 Å². The summed E-state index contributed by atoms with van der Waals surface area (Å²) in [7, 11) is 0. The molecule has 2 aromatic rings. The largest absolute Gasteiger partial charge is 0.383 e. The maximum Gasteiger partial charge on any atom is 0.255 e. The van der Waals surface area contributed by atoms with Crippen LogP contribution in [0.2, 0.25) is 0 Å². The molecule has 0 aliphatic heterocycles. The first-order valence-electron chi connectivity index (χ1n) is 6.97. The maximum absolute atomic E-state index is 12.1. The van der Waals surface area contributed by atoms with Crippen LogP contribution < -0.4 is 10.8 Å². The molecule has 1 unspecified atom stereocenters. The standard InChI is InChI=1S/C17H20N2O2/c1-12(2)18-15-10-6-9-14(11-15)16(17(20)19-21)13-7-4-3-5-8-13/h3-12,16,18,21H,1-2H3,(H,19,20). The van der Waals surface area contributed by atoms with E-state index in [1.54, 1.807) is 5.48 Å². The highest BCUT2D eigenvalue weighted by atomic mass is 16.5. The molecule has 3 N–H and O–H groups in total. The lowest BCUT2D eigenvalue weighted by Crippen LogP contribution is -2.27. The molecule has 4 nitrogen and oxygen atoms in total. The highest BCUT2D eigenvalue weighted by Crippen LogP contribution is 2.27. The number of carbonyl (C=O) groups excluding carboxylic acids is 1. The minimum absolute atomic E-state index is 0.307. The quantitative estimate of drug-likeness (QED) is 0.584. The van der Waals surface area contributed by atoms with Gasteiger partial charge in [-0.3, -0.25) is 10.0 Å². The van der Waals surface area contributed by atoms with Gasteiger partial charge in [0.15, 0.2) is 0 Å². The third-order valence-corrected chi connectivity index (χ3v) is 3.18. The van der Waals surface area contributed by atoms with Gasteiger partial charge in [0.05, 0.1) is 5.92 Å². The summed E-state index contributed by atoms with van der Waals surface area (Å²) in [6.07, 6.45) is 0. The van der Waals surface area contributed by atoms with Crippen molar-refractivity contribution in [3.8, 4) is 0 Å². The normalized spacial score (nSPS) is 12.0. The summed E-state index contributed by atoms with van der Waals surface area (Å²) >= 11 is 0. The third kappa shape index (κ3) is 3.83. The second-order valence-electron chi connectivity index (χ2n) is 5.24. The summed E-state index contributed by atoms with van der Waals surface area (Å²) in [5, 5.41) is 12.3. The van der Waals surface area contributed by atoms with E-state index in [9.17, 15) is 4.79 Å². The Hall–Kier alpha value is -2.33. The monoisotopic (exact) mass is 284 g/mol. The molecule has 0 saturated carbocycles. The zero-order valence-electron chi connectivity index (χ0n) is 12.2. The SMILES string of the molecule is CC(C)Nc1cccc(C(C(=O)NO)c2ccccc2)c1. The number of benzene rings is 2. The number of hydroxylamine groups is 1. The van der Waals surface area contributed by atoms with Crippen LogP contribution in [0.1, 0.15) is 30.9 Å². The van der Waals surface area contributed by atoms with Crippen LogP contribution in [-0.2, 0) is 4.79 Å². The lowest BCUT2D eigenvalue weighted by Gasteiger charge is -2.18. The van der Waals surface area contributed by atoms with Crippen LogP contribution in [0.5, 0.6) is 0 Å². The number of rotatable bonds is 5. The van der Waals surface area contributed by atoms with Gasteiger partial charge < -0.3 is 5.32 Å². The fourth-order valence-electron chi connectivity index (χ4n) is 2.35.